The van der Waals surface area contributed by atoms with E-state index in [0.717, 1.165) is 22.8 Å². The lowest BCUT2D eigenvalue weighted by Gasteiger charge is -2.01. The number of nitrogens with zero attached hydrogens (tertiary/aromatic N) is 2. The second-order valence-electron chi connectivity index (χ2n) is 4.39. The minimum Gasteiger partial charge on any atom is -0.268 e. The zero-order valence-corrected chi connectivity index (χ0v) is 11.1. The Balaban J connectivity index is 1.82. The van der Waals surface area contributed by atoms with Crippen LogP contribution in [0.1, 0.15) is 5.56 Å². The molecule has 0 aliphatic rings. The van der Waals surface area contributed by atoms with Gasteiger partial charge >= 0.3 is 0 Å². The van der Waals surface area contributed by atoms with E-state index in [1.807, 2.05) is 59.4 Å². The van der Waals surface area contributed by atoms with Crippen molar-refractivity contribution < 1.29 is 0 Å². The highest BCUT2D eigenvalue weighted by molar-refractivity contribution is 6.30. The summed E-state index contributed by atoms with van der Waals surface area (Å²) in [5, 5.41) is 5.32. The summed E-state index contributed by atoms with van der Waals surface area (Å²) in [5.74, 6) is 0. The molecule has 2 nitrogen and oxygen atoms in total. The smallest absolute Gasteiger partial charge is 0.0923 e. The van der Waals surface area contributed by atoms with Gasteiger partial charge in [0.1, 0.15) is 0 Å². The lowest BCUT2D eigenvalue weighted by atomic mass is 10.2. The van der Waals surface area contributed by atoms with Crippen molar-refractivity contribution in [3.63, 3.8) is 0 Å². The molecule has 19 heavy (non-hydrogen) atoms. The summed E-state index contributed by atoms with van der Waals surface area (Å²) in [4.78, 5) is 0. The summed E-state index contributed by atoms with van der Waals surface area (Å²) in [6.45, 7) is 0.786. The topological polar surface area (TPSA) is 17.8 Å². The summed E-state index contributed by atoms with van der Waals surface area (Å²) in [7, 11) is 0. The first-order valence-electron chi connectivity index (χ1n) is 6.14. The molecule has 0 amide bonds. The fourth-order valence-electron chi connectivity index (χ4n) is 1.99. The fraction of sp³-hybridized carbons (Fsp3) is 0.0625. The highest BCUT2D eigenvalue weighted by Gasteiger charge is 2.02. The molecule has 3 rings (SSSR count). The average molecular weight is 269 g/mol. The Hall–Kier alpha value is -2.06. The van der Waals surface area contributed by atoms with Crippen LogP contribution in [0, 0.1) is 0 Å². The van der Waals surface area contributed by atoms with Crippen LogP contribution in [0.4, 0.5) is 0 Å². The summed E-state index contributed by atoms with van der Waals surface area (Å²) < 4.78 is 1.94. The van der Waals surface area contributed by atoms with Crippen molar-refractivity contribution in [1.29, 1.82) is 0 Å². The largest absolute Gasteiger partial charge is 0.268 e. The van der Waals surface area contributed by atoms with Gasteiger partial charge in [-0.05, 0) is 23.8 Å². The summed E-state index contributed by atoms with van der Waals surface area (Å²) in [6.07, 6.45) is 2.00. The molecule has 0 aliphatic heterocycles. The van der Waals surface area contributed by atoms with Crippen LogP contribution in [0.15, 0.2) is 66.9 Å². The Bertz CT molecular complexity index is 657. The summed E-state index contributed by atoms with van der Waals surface area (Å²) in [6, 6.07) is 20.1. The molecule has 0 spiro atoms. The van der Waals surface area contributed by atoms with Crippen molar-refractivity contribution in [3.05, 3.63) is 77.4 Å². The molecule has 3 heteroatoms. The SMILES string of the molecule is Clc1ccc(-c2ccn(Cc3ccccc3)n2)cc1. The van der Waals surface area contributed by atoms with Gasteiger partial charge in [-0.25, -0.2) is 0 Å². The molecule has 0 saturated carbocycles. The van der Waals surface area contributed by atoms with Gasteiger partial charge < -0.3 is 0 Å². The van der Waals surface area contributed by atoms with Gasteiger partial charge in [0, 0.05) is 16.8 Å². The van der Waals surface area contributed by atoms with Crippen molar-refractivity contribution >= 4 is 11.6 Å². The average Bonchev–Trinajstić information content (AvgIpc) is 2.89. The Kier molecular flexibility index (Phi) is 3.34. The zero-order chi connectivity index (χ0) is 13.1. The molecule has 0 unspecified atom stereocenters. The quantitative estimate of drug-likeness (QED) is 0.694. The van der Waals surface area contributed by atoms with Crippen LogP contribution < -0.4 is 0 Å². The van der Waals surface area contributed by atoms with E-state index in [9.17, 15) is 0 Å². The fourth-order valence-corrected chi connectivity index (χ4v) is 2.12. The third kappa shape index (κ3) is 2.85. The Morgan fingerprint density at radius 1 is 0.895 bits per heavy atom. The third-order valence-corrected chi connectivity index (χ3v) is 3.22. The second-order valence-corrected chi connectivity index (χ2v) is 4.83. The zero-order valence-electron chi connectivity index (χ0n) is 10.3. The molecule has 1 aromatic heterocycles. The van der Waals surface area contributed by atoms with Crippen LogP contribution in [-0.2, 0) is 6.54 Å². The number of halogens is 1. The van der Waals surface area contributed by atoms with Crippen LogP contribution in [0.25, 0.3) is 11.3 Å². The molecule has 2 aromatic carbocycles. The number of hydrogen-bond donors (Lipinski definition) is 0. The van der Waals surface area contributed by atoms with Gasteiger partial charge in [-0.2, -0.15) is 5.10 Å². The Morgan fingerprint density at radius 3 is 2.37 bits per heavy atom. The highest BCUT2D eigenvalue weighted by Crippen LogP contribution is 2.19. The maximum absolute atomic E-state index is 5.89. The molecule has 0 saturated heterocycles. The van der Waals surface area contributed by atoms with Crippen LogP contribution in [0.3, 0.4) is 0 Å². The number of aromatic nitrogens is 2. The number of rotatable bonds is 3. The maximum atomic E-state index is 5.89. The predicted molar refractivity (Wildman–Crippen MR) is 78.2 cm³/mol. The molecule has 0 radical (unpaired) electrons. The van der Waals surface area contributed by atoms with Crippen molar-refractivity contribution in [2.75, 3.05) is 0 Å². The van der Waals surface area contributed by atoms with E-state index >= 15 is 0 Å². The first kappa shape index (κ1) is 12.0. The van der Waals surface area contributed by atoms with E-state index in [-0.39, 0.29) is 0 Å². The van der Waals surface area contributed by atoms with E-state index in [4.69, 9.17) is 11.6 Å². The number of benzene rings is 2. The lowest BCUT2D eigenvalue weighted by molar-refractivity contribution is 0.689. The van der Waals surface area contributed by atoms with Gasteiger partial charge in [-0.3, -0.25) is 4.68 Å². The minimum absolute atomic E-state index is 0.743. The minimum atomic E-state index is 0.743. The van der Waals surface area contributed by atoms with E-state index < -0.39 is 0 Å². The van der Waals surface area contributed by atoms with Crippen LogP contribution in [0.5, 0.6) is 0 Å². The molecular formula is C16H13ClN2. The predicted octanol–water partition coefficient (Wildman–Crippen LogP) is 4.25. The molecule has 3 aromatic rings. The van der Waals surface area contributed by atoms with Crippen LogP contribution >= 0.6 is 11.6 Å². The standard InChI is InChI=1S/C16H13ClN2/c17-15-8-6-14(7-9-15)16-10-11-19(18-16)12-13-4-2-1-3-5-13/h1-11H,12H2. The van der Waals surface area contributed by atoms with Gasteiger partial charge in [0.05, 0.1) is 12.2 Å². The first-order chi connectivity index (χ1) is 9.31. The molecule has 0 atom stereocenters. The molecule has 1 heterocycles. The lowest BCUT2D eigenvalue weighted by Crippen LogP contribution is -1.99. The van der Waals surface area contributed by atoms with Crippen molar-refractivity contribution in [1.82, 2.24) is 9.78 Å². The van der Waals surface area contributed by atoms with Gasteiger partial charge in [-0.15, -0.1) is 0 Å². The van der Waals surface area contributed by atoms with E-state index in [0.29, 0.717) is 0 Å². The van der Waals surface area contributed by atoms with Crippen molar-refractivity contribution in [2.24, 2.45) is 0 Å². The van der Waals surface area contributed by atoms with Gasteiger partial charge in [0.2, 0.25) is 0 Å². The highest BCUT2D eigenvalue weighted by atomic mass is 35.5. The van der Waals surface area contributed by atoms with Gasteiger partial charge in [-0.1, -0.05) is 54.1 Å². The molecule has 0 fully saturated rings. The Morgan fingerprint density at radius 2 is 1.63 bits per heavy atom. The van der Waals surface area contributed by atoms with Crippen molar-refractivity contribution in [2.45, 2.75) is 6.54 Å². The Labute approximate surface area is 117 Å². The normalized spacial score (nSPS) is 10.6. The van der Waals surface area contributed by atoms with Gasteiger partial charge in [0.25, 0.3) is 0 Å². The molecule has 0 aliphatic carbocycles. The number of hydrogen-bond acceptors (Lipinski definition) is 1. The third-order valence-electron chi connectivity index (χ3n) is 2.97. The monoisotopic (exact) mass is 268 g/mol. The summed E-state index contributed by atoms with van der Waals surface area (Å²) in [5.41, 5.74) is 3.29. The molecule has 94 valence electrons. The van der Waals surface area contributed by atoms with Gasteiger partial charge in [0.15, 0.2) is 0 Å². The second kappa shape index (κ2) is 5.29. The molecule has 0 N–H and O–H groups in total. The van der Waals surface area contributed by atoms with Crippen LogP contribution in [0.2, 0.25) is 5.02 Å². The maximum Gasteiger partial charge on any atom is 0.0923 e. The van der Waals surface area contributed by atoms with E-state index in [1.54, 1.807) is 0 Å². The molecule has 0 bridgehead atoms. The van der Waals surface area contributed by atoms with Crippen LogP contribution in [-0.4, -0.2) is 9.78 Å². The molecular weight excluding hydrogens is 256 g/mol. The van der Waals surface area contributed by atoms with E-state index in [2.05, 4.69) is 17.2 Å². The first-order valence-corrected chi connectivity index (χ1v) is 6.52. The van der Waals surface area contributed by atoms with E-state index in [1.165, 1.54) is 5.56 Å². The van der Waals surface area contributed by atoms with Crippen molar-refractivity contribution in [3.8, 4) is 11.3 Å². The summed E-state index contributed by atoms with van der Waals surface area (Å²) >= 11 is 5.89.